The van der Waals surface area contributed by atoms with Crippen LogP contribution in [0.3, 0.4) is 0 Å². The summed E-state index contributed by atoms with van der Waals surface area (Å²) < 4.78 is 19.7. The Hall–Kier alpha value is -0.450. The summed E-state index contributed by atoms with van der Waals surface area (Å²) in [7, 11) is 0. The maximum atomic E-state index is 13.3. The topological polar surface area (TPSA) is 12.5 Å². The molecule has 0 bridgehead atoms. The van der Waals surface area contributed by atoms with E-state index < -0.39 is 0 Å². The highest BCUT2D eigenvalue weighted by atomic mass is 79.9. The summed E-state index contributed by atoms with van der Waals surface area (Å²) in [6.45, 7) is 5.55. The van der Waals surface area contributed by atoms with E-state index in [9.17, 15) is 4.39 Å². The molecule has 1 aliphatic rings. The van der Waals surface area contributed by atoms with Crippen molar-refractivity contribution in [3.8, 4) is 0 Å². The van der Waals surface area contributed by atoms with Crippen LogP contribution >= 0.6 is 15.9 Å². The van der Waals surface area contributed by atoms with Gasteiger partial charge in [-0.1, -0.05) is 22.9 Å². The van der Waals surface area contributed by atoms with E-state index in [1.165, 1.54) is 6.07 Å². The number of ether oxygens (including phenoxy) is 1. The molecule has 0 aliphatic carbocycles. The third-order valence-electron chi connectivity index (χ3n) is 3.01. The third-order valence-corrected chi connectivity index (χ3v) is 3.46. The van der Waals surface area contributed by atoms with Gasteiger partial charge in [0.2, 0.25) is 0 Å². The van der Waals surface area contributed by atoms with Crippen molar-refractivity contribution in [2.75, 3.05) is 19.7 Å². The van der Waals surface area contributed by atoms with Gasteiger partial charge in [-0.05, 0) is 30.2 Å². The van der Waals surface area contributed by atoms with Crippen LogP contribution in [0.1, 0.15) is 18.9 Å². The smallest absolute Gasteiger partial charge is 0.124 e. The first-order valence-corrected chi connectivity index (χ1v) is 6.75. The summed E-state index contributed by atoms with van der Waals surface area (Å²) >= 11 is 3.32. The predicted octanol–water partition coefficient (Wildman–Crippen LogP) is 3.20. The fraction of sp³-hybridized carbons (Fsp3) is 0.538. The maximum absolute atomic E-state index is 13.3. The molecule has 0 N–H and O–H groups in total. The minimum absolute atomic E-state index is 0.185. The quantitative estimate of drug-likeness (QED) is 0.850. The van der Waals surface area contributed by atoms with E-state index in [0.717, 1.165) is 42.7 Å². The normalized spacial score (nSPS) is 21.7. The van der Waals surface area contributed by atoms with Crippen molar-refractivity contribution < 1.29 is 9.13 Å². The molecule has 1 atom stereocenters. The lowest BCUT2D eigenvalue weighted by molar-refractivity contribution is -0.0324. The van der Waals surface area contributed by atoms with Crippen molar-refractivity contribution in [1.29, 1.82) is 0 Å². The van der Waals surface area contributed by atoms with Crippen LogP contribution in [0.25, 0.3) is 0 Å². The standard InChI is InChI=1S/C13H17BrFNO/c1-2-13-9-16(3-4-17-13)8-10-5-11(14)7-12(15)6-10/h5-7,13H,2-4,8-9H2,1H3. The van der Waals surface area contributed by atoms with Crippen LogP contribution in [-0.2, 0) is 11.3 Å². The van der Waals surface area contributed by atoms with Gasteiger partial charge in [0.1, 0.15) is 5.82 Å². The Balaban J connectivity index is 2.00. The highest BCUT2D eigenvalue weighted by Gasteiger charge is 2.18. The van der Waals surface area contributed by atoms with E-state index in [4.69, 9.17) is 4.74 Å². The second-order valence-corrected chi connectivity index (χ2v) is 5.33. The molecule has 0 radical (unpaired) electrons. The number of benzene rings is 1. The molecule has 1 aromatic rings. The van der Waals surface area contributed by atoms with E-state index in [1.54, 1.807) is 6.07 Å². The van der Waals surface area contributed by atoms with Crippen LogP contribution in [0.4, 0.5) is 4.39 Å². The molecule has 94 valence electrons. The molecule has 1 saturated heterocycles. The molecule has 0 spiro atoms. The molecule has 0 amide bonds. The molecule has 2 rings (SSSR count). The third kappa shape index (κ3) is 3.76. The average Bonchev–Trinajstić information content (AvgIpc) is 2.28. The van der Waals surface area contributed by atoms with Crippen molar-refractivity contribution in [3.63, 3.8) is 0 Å². The Morgan fingerprint density at radius 2 is 2.29 bits per heavy atom. The Morgan fingerprint density at radius 3 is 3.00 bits per heavy atom. The number of hydrogen-bond acceptors (Lipinski definition) is 2. The molecular formula is C13H17BrFNO. The molecule has 1 fully saturated rings. The van der Waals surface area contributed by atoms with E-state index in [1.807, 2.05) is 6.07 Å². The lowest BCUT2D eigenvalue weighted by atomic mass is 10.1. The highest BCUT2D eigenvalue weighted by molar-refractivity contribution is 9.10. The van der Waals surface area contributed by atoms with Gasteiger partial charge in [0.05, 0.1) is 12.7 Å². The molecule has 1 heterocycles. The SMILES string of the molecule is CCC1CN(Cc2cc(F)cc(Br)c2)CCO1. The van der Waals surface area contributed by atoms with Crippen molar-refractivity contribution in [2.45, 2.75) is 26.0 Å². The zero-order valence-corrected chi connectivity index (χ0v) is 11.5. The number of nitrogens with zero attached hydrogens (tertiary/aromatic N) is 1. The maximum Gasteiger partial charge on any atom is 0.124 e. The summed E-state index contributed by atoms with van der Waals surface area (Å²) in [6.07, 6.45) is 1.35. The van der Waals surface area contributed by atoms with Gasteiger partial charge in [0.15, 0.2) is 0 Å². The van der Waals surface area contributed by atoms with Gasteiger partial charge in [-0.25, -0.2) is 4.39 Å². The first kappa shape index (κ1) is 13.0. The first-order chi connectivity index (χ1) is 8.17. The minimum Gasteiger partial charge on any atom is -0.376 e. The molecule has 17 heavy (non-hydrogen) atoms. The van der Waals surface area contributed by atoms with Crippen molar-refractivity contribution in [1.82, 2.24) is 4.90 Å². The number of rotatable bonds is 3. The second kappa shape index (κ2) is 5.94. The average molecular weight is 302 g/mol. The highest BCUT2D eigenvalue weighted by Crippen LogP contribution is 2.18. The van der Waals surface area contributed by atoms with Gasteiger partial charge >= 0.3 is 0 Å². The van der Waals surface area contributed by atoms with Crippen LogP contribution < -0.4 is 0 Å². The zero-order valence-electron chi connectivity index (χ0n) is 9.96. The fourth-order valence-electron chi connectivity index (χ4n) is 2.13. The van der Waals surface area contributed by atoms with Crippen molar-refractivity contribution in [2.24, 2.45) is 0 Å². The van der Waals surface area contributed by atoms with E-state index >= 15 is 0 Å². The first-order valence-electron chi connectivity index (χ1n) is 5.96. The van der Waals surface area contributed by atoms with Gasteiger partial charge in [0.25, 0.3) is 0 Å². The Bertz CT molecular complexity index is 365. The lowest BCUT2D eigenvalue weighted by Crippen LogP contribution is -2.41. The van der Waals surface area contributed by atoms with Gasteiger partial charge in [-0.15, -0.1) is 0 Å². The Labute approximate surface area is 110 Å². The summed E-state index contributed by atoms with van der Waals surface area (Å²) in [5.41, 5.74) is 1.01. The van der Waals surface area contributed by atoms with Gasteiger partial charge in [0, 0.05) is 24.1 Å². The summed E-state index contributed by atoms with van der Waals surface area (Å²) in [5, 5.41) is 0. The van der Waals surface area contributed by atoms with Crippen LogP contribution in [-0.4, -0.2) is 30.7 Å². The summed E-state index contributed by atoms with van der Waals surface area (Å²) in [4.78, 5) is 2.32. The van der Waals surface area contributed by atoms with E-state index in [2.05, 4.69) is 27.8 Å². The molecule has 0 saturated carbocycles. The molecule has 2 nitrogen and oxygen atoms in total. The van der Waals surface area contributed by atoms with Crippen LogP contribution in [0.2, 0.25) is 0 Å². The number of morpholine rings is 1. The Morgan fingerprint density at radius 1 is 1.47 bits per heavy atom. The summed E-state index contributed by atoms with van der Waals surface area (Å²) in [5.74, 6) is -0.185. The molecule has 0 aromatic heterocycles. The second-order valence-electron chi connectivity index (χ2n) is 4.41. The van der Waals surface area contributed by atoms with Gasteiger partial charge in [-0.2, -0.15) is 0 Å². The molecule has 1 aromatic carbocycles. The van der Waals surface area contributed by atoms with Crippen LogP contribution in [0, 0.1) is 5.82 Å². The van der Waals surface area contributed by atoms with Gasteiger partial charge in [-0.3, -0.25) is 4.90 Å². The monoisotopic (exact) mass is 301 g/mol. The van der Waals surface area contributed by atoms with Crippen LogP contribution in [0.15, 0.2) is 22.7 Å². The number of hydrogen-bond donors (Lipinski definition) is 0. The van der Waals surface area contributed by atoms with Crippen molar-refractivity contribution in [3.05, 3.63) is 34.1 Å². The van der Waals surface area contributed by atoms with Crippen LogP contribution in [0.5, 0.6) is 0 Å². The summed E-state index contributed by atoms with van der Waals surface area (Å²) in [6, 6.07) is 5.05. The molecular weight excluding hydrogens is 285 g/mol. The van der Waals surface area contributed by atoms with Gasteiger partial charge < -0.3 is 4.74 Å². The molecule has 1 unspecified atom stereocenters. The zero-order chi connectivity index (χ0) is 12.3. The lowest BCUT2D eigenvalue weighted by Gasteiger charge is -2.32. The predicted molar refractivity (Wildman–Crippen MR) is 69.4 cm³/mol. The molecule has 1 aliphatic heterocycles. The Kier molecular flexibility index (Phi) is 4.54. The minimum atomic E-state index is -0.185. The van der Waals surface area contributed by atoms with Crippen molar-refractivity contribution >= 4 is 15.9 Å². The number of halogens is 2. The largest absolute Gasteiger partial charge is 0.376 e. The fourth-order valence-corrected chi connectivity index (χ4v) is 2.64. The van der Waals surface area contributed by atoms with E-state index in [-0.39, 0.29) is 5.82 Å². The molecule has 4 heteroatoms. The van der Waals surface area contributed by atoms with E-state index in [0.29, 0.717) is 6.10 Å².